The van der Waals surface area contributed by atoms with Crippen molar-refractivity contribution in [1.82, 2.24) is 9.97 Å². The molecule has 0 unspecified atom stereocenters. The minimum Gasteiger partial charge on any atom is -0.353 e. The molecule has 0 atom stereocenters. The van der Waals surface area contributed by atoms with Gasteiger partial charge in [0.15, 0.2) is 0 Å². The van der Waals surface area contributed by atoms with E-state index in [9.17, 15) is 0 Å². The molecule has 0 aliphatic rings. The van der Waals surface area contributed by atoms with E-state index in [1.165, 1.54) is 11.5 Å². The number of nitrogens with zero attached hydrogens (tertiary/aromatic N) is 1. The summed E-state index contributed by atoms with van der Waals surface area (Å²) < 4.78 is 0. The lowest BCUT2D eigenvalue weighted by Crippen LogP contribution is -1.78. The van der Waals surface area contributed by atoms with Crippen LogP contribution in [-0.4, -0.2) is 9.97 Å². The summed E-state index contributed by atoms with van der Waals surface area (Å²) in [6.07, 6.45) is 3.33. The topological polar surface area (TPSA) is 28.7 Å². The van der Waals surface area contributed by atoms with Crippen molar-refractivity contribution in [1.29, 1.82) is 0 Å². The molecule has 0 spiro atoms. The Hall–Kier alpha value is -2.09. The molecule has 0 bridgehead atoms. The van der Waals surface area contributed by atoms with Gasteiger partial charge in [-0.25, -0.2) is 0 Å². The first-order valence-electron chi connectivity index (χ1n) is 4.80. The Labute approximate surface area is 87.3 Å². The molecule has 1 aromatic carbocycles. The fourth-order valence-corrected chi connectivity index (χ4v) is 1.86. The molecule has 1 N–H and O–H groups in total. The van der Waals surface area contributed by atoms with Crippen molar-refractivity contribution in [2.24, 2.45) is 0 Å². The largest absolute Gasteiger partial charge is 0.353 e. The average molecular weight is 193 g/mol. The summed E-state index contributed by atoms with van der Waals surface area (Å²) in [5, 5.41) is 2.37. The van der Waals surface area contributed by atoms with E-state index in [2.05, 4.69) is 22.1 Å². The Kier molecular flexibility index (Phi) is 1.62. The van der Waals surface area contributed by atoms with E-state index in [0.717, 1.165) is 22.1 Å². The smallest absolute Gasteiger partial charge is 0.0651 e. The maximum Gasteiger partial charge on any atom is 0.0651 e. The van der Waals surface area contributed by atoms with Crippen LogP contribution < -0.4 is 0 Å². The third-order valence-corrected chi connectivity index (χ3v) is 2.58. The normalized spacial score (nSPS) is 10.9. The Balaban J connectivity index is 2.51. The number of hydrogen-bond donors (Lipinski definition) is 1. The number of pyridine rings is 1. The highest BCUT2D eigenvalue weighted by Crippen LogP contribution is 2.24. The summed E-state index contributed by atoms with van der Waals surface area (Å²) in [5.41, 5.74) is 2.97. The molecule has 2 nitrogen and oxygen atoms in total. The first kappa shape index (κ1) is 8.24. The number of para-hydroxylation sites is 1. The molecule has 3 rings (SSSR count). The molecule has 0 aliphatic heterocycles. The van der Waals surface area contributed by atoms with Gasteiger partial charge in [0.25, 0.3) is 0 Å². The fourth-order valence-electron chi connectivity index (χ4n) is 1.86. The van der Waals surface area contributed by atoms with Gasteiger partial charge >= 0.3 is 0 Å². The molecule has 2 heterocycles. The summed E-state index contributed by atoms with van der Waals surface area (Å²) in [6.45, 7) is 5.46. The predicted molar refractivity (Wildman–Crippen MR) is 62.4 cm³/mol. The Bertz CT molecular complexity index is 650. The summed E-state index contributed by atoms with van der Waals surface area (Å²) in [6, 6.07) is 10.2. The van der Waals surface area contributed by atoms with Crippen molar-refractivity contribution in [3.05, 3.63) is 48.8 Å². The van der Waals surface area contributed by atoms with Gasteiger partial charge in [-0.15, -0.1) is 0 Å². The molecule has 0 fully saturated rings. The van der Waals surface area contributed by atoms with Gasteiger partial charge in [0.05, 0.1) is 17.4 Å². The summed E-state index contributed by atoms with van der Waals surface area (Å²) in [5.74, 6) is 0. The van der Waals surface area contributed by atoms with Crippen molar-refractivity contribution in [2.45, 2.75) is 0 Å². The molecule has 0 saturated carbocycles. The predicted octanol–water partition coefficient (Wildman–Crippen LogP) is 3.16. The highest BCUT2D eigenvalue weighted by molar-refractivity contribution is 6.07. The van der Waals surface area contributed by atoms with Crippen LogP contribution in [0, 0.1) is 6.58 Å². The van der Waals surface area contributed by atoms with Crippen molar-refractivity contribution in [3.8, 4) is 0 Å². The fraction of sp³-hybridized carbons (Fsp3) is 0. The van der Waals surface area contributed by atoms with Crippen molar-refractivity contribution >= 4 is 27.9 Å². The number of fused-ring (bicyclic) bond motifs is 3. The Morgan fingerprint density at radius 3 is 2.87 bits per heavy atom. The van der Waals surface area contributed by atoms with Gasteiger partial charge in [0.1, 0.15) is 0 Å². The van der Waals surface area contributed by atoms with Crippen LogP contribution in [0.2, 0.25) is 0 Å². The van der Waals surface area contributed by atoms with Crippen LogP contribution in [0.1, 0.15) is 5.69 Å². The summed E-state index contributed by atoms with van der Waals surface area (Å²) >= 11 is 0. The van der Waals surface area contributed by atoms with Crippen LogP contribution in [0.4, 0.5) is 0 Å². The first-order valence-corrected chi connectivity index (χ1v) is 4.80. The van der Waals surface area contributed by atoms with Gasteiger partial charge in [-0.2, -0.15) is 0 Å². The number of rotatable bonds is 1. The standard InChI is InChI=1S/C13H9N2/c1-2-9-7-11-10-5-3-4-6-12(10)15-13(11)8-14-9/h1-8,15H. The highest BCUT2D eigenvalue weighted by atomic mass is 14.8. The van der Waals surface area contributed by atoms with E-state index in [4.69, 9.17) is 6.58 Å². The van der Waals surface area contributed by atoms with E-state index in [0.29, 0.717) is 0 Å². The summed E-state index contributed by atoms with van der Waals surface area (Å²) in [4.78, 5) is 7.52. The Morgan fingerprint density at radius 1 is 1.13 bits per heavy atom. The maximum atomic E-state index is 5.46. The molecule has 2 aromatic heterocycles. The zero-order valence-corrected chi connectivity index (χ0v) is 8.07. The monoisotopic (exact) mass is 193 g/mol. The highest BCUT2D eigenvalue weighted by Gasteiger charge is 2.03. The lowest BCUT2D eigenvalue weighted by Gasteiger charge is -1.92. The average Bonchev–Trinajstić information content (AvgIpc) is 2.66. The lowest BCUT2D eigenvalue weighted by molar-refractivity contribution is 1.31. The number of aromatic amines is 1. The molecule has 2 heteroatoms. The van der Waals surface area contributed by atoms with Gasteiger partial charge in [-0.1, -0.05) is 24.8 Å². The van der Waals surface area contributed by atoms with E-state index in [1.54, 1.807) is 0 Å². The van der Waals surface area contributed by atoms with Gasteiger partial charge in [0.2, 0.25) is 0 Å². The molecule has 1 radical (unpaired) electrons. The van der Waals surface area contributed by atoms with Crippen molar-refractivity contribution < 1.29 is 0 Å². The molecule has 0 saturated heterocycles. The molecule has 3 aromatic rings. The Morgan fingerprint density at radius 2 is 2.00 bits per heavy atom. The van der Waals surface area contributed by atoms with Crippen LogP contribution in [0.5, 0.6) is 0 Å². The number of nitrogens with one attached hydrogen (secondary N) is 1. The maximum absolute atomic E-state index is 5.46. The minimum atomic E-state index is 0.798. The second-order valence-corrected chi connectivity index (χ2v) is 3.49. The molecule has 71 valence electrons. The molecule has 15 heavy (non-hydrogen) atoms. The zero-order valence-electron chi connectivity index (χ0n) is 8.07. The summed E-state index contributed by atoms with van der Waals surface area (Å²) in [7, 11) is 0. The minimum absolute atomic E-state index is 0.798. The number of hydrogen-bond acceptors (Lipinski definition) is 1. The zero-order chi connectivity index (χ0) is 10.3. The van der Waals surface area contributed by atoms with Crippen LogP contribution in [0.3, 0.4) is 0 Å². The number of benzene rings is 1. The van der Waals surface area contributed by atoms with Crippen molar-refractivity contribution in [3.63, 3.8) is 0 Å². The van der Waals surface area contributed by atoms with Gasteiger partial charge in [0, 0.05) is 16.3 Å². The van der Waals surface area contributed by atoms with E-state index >= 15 is 0 Å². The van der Waals surface area contributed by atoms with Crippen LogP contribution in [-0.2, 0) is 0 Å². The quantitative estimate of drug-likeness (QED) is 0.631. The third kappa shape index (κ3) is 1.15. The SMILES string of the molecule is [CH]=Cc1cc2c(cn1)[nH]c1ccccc12. The van der Waals surface area contributed by atoms with E-state index in [1.807, 2.05) is 24.4 Å². The van der Waals surface area contributed by atoms with Crippen LogP contribution in [0.25, 0.3) is 27.9 Å². The van der Waals surface area contributed by atoms with E-state index in [-0.39, 0.29) is 0 Å². The van der Waals surface area contributed by atoms with Gasteiger partial charge in [-0.05, 0) is 18.2 Å². The molecular weight excluding hydrogens is 184 g/mol. The third-order valence-electron chi connectivity index (χ3n) is 2.58. The van der Waals surface area contributed by atoms with Crippen LogP contribution in [0.15, 0.2) is 36.5 Å². The first-order chi connectivity index (χ1) is 7.38. The lowest BCUT2D eigenvalue weighted by atomic mass is 10.1. The van der Waals surface area contributed by atoms with E-state index < -0.39 is 0 Å². The van der Waals surface area contributed by atoms with Gasteiger partial charge in [-0.3, -0.25) is 4.98 Å². The molecule has 0 amide bonds. The van der Waals surface area contributed by atoms with Crippen LogP contribution >= 0.6 is 0 Å². The number of aromatic nitrogens is 2. The molecule has 0 aliphatic carbocycles. The number of H-pyrrole nitrogens is 1. The van der Waals surface area contributed by atoms with Crippen molar-refractivity contribution in [2.75, 3.05) is 0 Å². The second-order valence-electron chi connectivity index (χ2n) is 3.49. The second kappa shape index (κ2) is 2.95. The molecular formula is C13H9N2. The van der Waals surface area contributed by atoms with Gasteiger partial charge < -0.3 is 4.98 Å².